The van der Waals surface area contributed by atoms with Crippen molar-refractivity contribution < 1.29 is 9.59 Å². The van der Waals surface area contributed by atoms with Gasteiger partial charge in [0.2, 0.25) is 0 Å². The van der Waals surface area contributed by atoms with Crippen LogP contribution in [0.15, 0.2) is 72.4 Å². The molecule has 0 unspecified atom stereocenters. The number of benzene rings is 2. The van der Waals surface area contributed by atoms with Crippen molar-refractivity contribution in [3.8, 4) is 0 Å². The predicted molar refractivity (Wildman–Crippen MR) is 130 cm³/mol. The van der Waals surface area contributed by atoms with Crippen molar-refractivity contribution in [3.05, 3.63) is 83.6 Å². The van der Waals surface area contributed by atoms with E-state index in [1.54, 1.807) is 25.2 Å². The van der Waals surface area contributed by atoms with Gasteiger partial charge in [-0.3, -0.25) is 0 Å². The van der Waals surface area contributed by atoms with Gasteiger partial charge >= 0.3 is 201 Å². The Morgan fingerprint density at radius 1 is 0.710 bits per heavy atom. The summed E-state index contributed by atoms with van der Waals surface area (Å²) in [5.74, 6) is -0.445. The molecule has 31 heavy (non-hydrogen) atoms. The van der Waals surface area contributed by atoms with E-state index in [1.807, 2.05) is 84.6 Å². The Hall–Kier alpha value is -2.30. The van der Waals surface area contributed by atoms with Crippen molar-refractivity contribution >= 4 is 51.8 Å². The summed E-state index contributed by atoms with van der Waals surface area (Å²) in [6.45, 7) is 0.194. The van der Waals surface area contributed by atoms with E-state index in [-0.39, 0.29) is 30.2 Å². The van der Waals surface area contributed by atoms with Crippen molar-refractivity contribution in [1.29, 1.82) is 0 Å². The van der Waals surface area contributed by atoms with Crippen LogP contribution in [0.25, 0.3) is 0 Å². The molecule has 162 valence electrons. The number of ketones is 2. The van der Waals surface area contributed by atoms with E-state index >= 15 is 0 Å². The van der Waals surface area contributed by atoms with E-state index in [0.717, 1.165) is 20.2 Å². The van der Waals surface area contributed by atoms with Gasteiger partial charge in [-0.25, -0.2) is 0 Å². The zero-order chi connectivity index (χ0) is 23.0. The molecule has 0 bridgehead atoms. The molecule has 2 aromatic rings. The molecular formula is C24H27N3O2Se2. The number of likely N-dealkylation sites (N-methyl/N-ethyl adjacent to an activating group) is 2. The summed E-state index contributed by atoms with van der Waals surface area (Å²) in [7, 11) is 7.28. The topological polar surface area (TPSA) is 43.9 Å². The molecule has 0 aromatic heterocycles. The Balaban J connectivity index is 2.11. The molecule has 0 spiro atoms. The van der Waals surface area contributed by atoms with E-state index in [0.29, 0.717) is 0 Å². The summed E-state index contributed by atoms with van der Waals surface area (Å²) in [6, 6.07) is 19.6. The molecule has 0 saturated carbocycles. The molecule has 2 aromatic carbocycles. The SMILES string of the molecule is CN(C)C=C(C(=O)CN(C)C(=[Se])c1ccccc1)C(=O)CN(C)C(=[Se])c1ccccc1. The van der Waals surface area contributed by atoms with Crippen LogP contribution in [0.4, 0.5) is 0 Å². The van der Waals surface area contributed by atoms with E-state index in [2.05, 4.69) is 31.2 Å². The predicted octanol–water partition coefficient (Wildman–Crippen LogP) is 1.13. The maximum atomic E-state index is 13.1. The van der Waals surface area contributed by atoms with Gasteiger partial charge < -0.3 is 0 Å². The standard InChI is InChI=1S/C24H27N3O2Se2/c1-25(2)15-20(21(28)16-26(3)23(30)18-11-7-5-8-12-18)22(29)17-27(4)24(31)19-13-9-6-10-14-19/h5-15H,16-17H2,1-4H3. The molecule has 0 aliphatic rings. The Labute approximate surface area is 200 Å². The van der Waals surface area contributed by atoms with Crippen LogP contribution in [0, 0.1) is 0 Å². The zero-order valence-corrected chi connectivity index (χ0v) is 21.7. The molecule has 7 heteroatoms. The number of carbonyl (C=O) groups is 2. The Kier molecular flexibility index (Phi) is 9.60. The number of nitrogens with zero attached hydrogens (tertiary/aromatic N) is 3. The van der Waals surface area contributed by atoms with Crippen LogP contribution in [-0.4, -0.2) is 108 Å². The molecular weight excluding hydrogens is 520 g/mol. The van der Waals surface area contributed by atoms with Gasteiger partial charge in [0.05, 0.1) is 0 Å². The third kappa shape index (κ3) is 7.41. The van der Waals surface area contributed by atoms with Crippen LogP contribution in [-0.2, 0) is 9.59 Å². The quantitative estimate of drug-likeness (QED) is 0.183. The molecule has 0 atom stereocenters. The average molecular weight is 547 g/mol. The van der Waals surface area contributed by atoms with Crippen LogP contribution >= 0.6 is 0 Å². The monoisotopic (exact) mass is 549 g/mol. The van der Waals surface area contributed by atoms with Gasteiger partial charge in [0, 0.05) is 0 Å². The third-order valence-corrected chi connectivity index (χ3v) is 6.78. The van der Waals surface area contributed by atoms with Crippen molar-refractivity contribution in [2.75, 3.05) is 41.3 Å². The van der Waals surface area contributed by atoms with Crippen molar-refractivity contribution in [2.45, 2.75) is 0 Å². The Morgan fingerprint density at radius 2 is 1.06 bits per heavy atom. The summed E-state index contributed by atoms with van der Waals surface area (Å²) in [5, 5.41) is 0. The van der Waals surface area contributed by atoms with E-state index in [1.165, 1.54) is 0 Å². The van der Waals surface area contributed by atoms with Crippen molar-refractivity contribution in [2.24, 2.45) is 0 Å². The molecule has 0 aliphatic heterocycles. The Morgan fingerprint density at radius 3 is 1.39 bits per heavy atom. The summed E-state index contributed by atoms with van der Waals surface area (Å²) in [4.78, 5) is 31.5. The molecule has 0 radical (unpaired) electrons. The van der Waals surface area contributed by atoms with Crippen LogP contribution in [0.3, 0.4) is 0 Å². The van der Waals surface area contributed by atoms with Crippen LogP contribution in [0.2, 0.25) is 0 Å². The number of carbonyl (C=O) groups excluding carboxylic acids is 2. The van der Waals surface area contributed by atoms with E-state index in [9.17, 15) is 9.59 Å². The van der Waals surface area contributed by atoms with Gasteiger partial charge in [0.25, 0.3) is 0 Å². The van der Waals surface area contributed by atoms with Gasteiger partial charge in [-0.2, -0.15) is 0 Å². The fourth-order valence-electron chi connectivity index (χ4n) is 2.90. The minimum atomic E-state index is -0.223. The summed E-state index contributed by atoms with van der Waals surface area (Å²) >= 11 is 6.07. The van der Waals surface area contributed by atoms with Crippen molar-refractivity contribution in [1.82, 2.24) is 14.7 Å². The second kappa shape index (κ2) is 11.9. The molecule has 5 nitrogen and oxygen atoms in total. The normalized spacial score (nSPS) is 10.1. The van der Waals surface area contributed by atoms with Gasteiger partial charge in [-0.15, -0.1) is 0 Å². The average Bonchev–Trinajstić information content (AvgIpc) is 2.77. The van der Waals surface area contributed by atoms with Gasteiger partial charge in [0.15, 0.2) is 0 Å². The first-order chi connectivity index (χ1) is 14.7. The van der Waals surface area contributed by atoms with Gasteiger partial charge in [-0.1, -0.05) is 0 Å². The van der Waals surface area contributed by atoms with Crippen LogP contribution in [0.1, 0.15) is 11.1 Å². The second-order valence-electron chi connectivity index (χ2n) is 7.41. The second-order valence-corrected chi connectivity index (χ2v) is 9.03. The number of hydrogen-bond donors (Lipinski definition) is 0. The van der Waals surface area contributed by atoms with Gasteiger partial charge in [-0.05, 0) is 0 Å². The fraction of sp³-hybridized carbons (Fsp3) is 0.250. The molecule has 0 fully saturated rings. The number of hydrogen-bond acceptors (Lipinski definition) is 5. The first-order valence-electron chi connectivity index (χ1n) is 9.76. The van der Waals surface area contributed by atoms with E-state index < -0.39 is 0 Å². The van der Waals surface area contributed by atoms with E-state index in [4.69, 9.17) is 0 Å². The molecule has 2 rings (SSSR count). The number of rotatable bonds is 11. The first kappa shape index (κ1) is 25.0. The van der Waals surface area contributed by atoms with Crippen LogP contribution < -0.4 is 0 Å². The summed E-state index contributed by atoms with van der Waals surface area (Å²) in [6.07, 6.45) is 1.61. The third-order valence-electron chi connectivity index (χ3n) is 4.48. The summed E-state index contributed by atoms with van der Waals surface area (Å²) in [5.41, 5.74) is 2.17. The van der Waals surface area contributed by atoms with Crippen molar-refractivity contribution in [3.63, 3.8) is 0 Å². The van der Waals surface area contributed by atoms with Gasteiger partial charge in [0.1, 0.15) is 0 Å². The molecule has 0 amide bonds. The molecule has 0 N–H and O–H groups in total. The maximum absolute atomic E-state index is 13.1. The minimum absolute atomic E-state index is 0.0971. The fourth-order valence-corrected chi connectivity index (χ4v) is 3.75. The molecule has 0 heterocycles. The van der Waals surface area contributed by atoms with Crippen LogP contribution in [0.5, 0.6) is 0 Å². The summed E-state index contributed by atoms with van der Waals surface area (Å²) < 4.78 is 1.70. The molecule has 0 aliphatic carbocycles. The zero-order valence-electron chi connectivity index (χ0n) is 18.2. The Bertz CT molecular complexity index is 899. The number of Topliss-reactive ketones (excluding diaryl/α,β-unsaturated/α-hetero) is 2. The molecule has 0 saturated heterocycles. The first-order valence-corrected chi connectivity index (χ1v) is 11.5.